The zero-order chi connectivity index (χ0) is 11.4. The third-order valence-corrected chi connectivity index (χ3v) is 3.75. The normalized spacial score (nSPS) is 14.9. The molecule has 0 aromatic heterocycles. The predicted molar refractivity (Wildman–Crippen MR) is 54.9 cm³/mol. The van der Waals surface area contributed by atoms with Gasteiger partial charge in [-0.1, -0.05) is 6.07 Å². The van der Waals surface area contributed by atoms with Crippen molar-refractivity contribution in [1.82, 2.24) is 0 Å². The minimum Gasteiger partial charge on any atom is -0.395 e. The van der Waals surface area contributed by atoms with Crippen molar-refractivity contribution in [3.63, 3.8) is 0 Å². The second-order valence-corrected chi connectivity index (χ2v) is 5.00. The average molecular weight is 234 g/mol. The maximum Gasteiger partial charge on any atom is 0.159 e. The van der Waals surface area contributed by atoms with Gasteiger partial charge in [0.25, 0.3) is 0 Å². The first-order valence-corrected chi connectivity index (χ1v) is 5.87. The van der Waals surface area contributed by atoms with Crippen LogP contribution in [-0.2, 0) is 10.8 Å². The summed E-state index contributed by atoms with van der Waals surface area (Å²) in [5.74, 6) is -1.72. The molecular formula is C10H12F2O2S. The molecular weight excluding hydrogens is 222 g/mol. The quantitative estimate of drug-likeness (QED) is 0.862. The topological polar surface area (TPSA) is 37.3 Å². The number of benzene rings is 1. The molecule has 0 heterocycles. The Morgan fingerprint density at radius 3 is 2.60 bits per heavy atom. The molecule has 0 aliphatic carbocycles. The molecule has 0 saturated carbocycles. The van der Waals surface area contributed by atoms with Gasteiger partial charge in [0.05, 0.1) is 11.9 Å². The summed E-state index contributed by atoms with van der Waals surface area (Å²) < 4.78 is 37.0. The van der Waals surface area contributed by atoms with Crippen LogP contribution in [-0.4, -0.2) is 21.7 Å². The number of rotatable bonds is 4. The van der Waals surface area contributed by atoms with Crippen molar-refractivity contribution in [2.75, 3.05) is 12.4 Å². The van der Waals surface area contributed by atoms with Crippen LogP contribution in [0.15, 0.2) is 18.2 Å². The van der Waals surface area contributed by atoms with E-state index in [0.29, 0.717) is 5.56 Å². The minimum atomic E-state index is -1.27. The third kappa shape index (κ3) is 3.07. The fourth-order valence-corrected chi connectivity index (χ4v) is 2.17. The maximum atomic E-state index is 12.9. The van der Waals surface area contributed by atoms with E-state index in [1.54, 1.807) is 6.92 Å². The van der Waals surface area contributed by atoms with Crippen LogP contribution in [0.3, 0.4) is 0 Å². The van der Waals surface area contributed by atoms with Gasteiger partial charge in [0.2, 0.25) is 0 Å². The van der Waals surface area contributed by atoms with E-state index >= 15 is 0 Å². The molecule has 0 saturated heterocycles. The molecule has 0 aliphatic rings. The Kier molecular flexibility index (Phi) is 4.35. The van der Waals surface area contributed by atoms with Gasteiger partial charge in [0.1, 0.15) is 0 Å². The molecule has 2 nitrogen and oxygen atoms in total. The predicted octanol–water partition coefficient (Wildman–Crippen LogP) is 1.77. The zero-order valence-electron chi connectivity index (χ0n) is 8.24. The van der Waals surface area contributed by atoms with Crippen molar-refractivity contribution in [2.24, 2.45) is 0 Å². The fraction of sp³-hybridized carbons (Fsp3) is 0.400. The van der Waals surface area contributed by atoms with E-state index in [0.717, 1.165) is 12.1 Å². The second kappa shape index (κ2) is 5.32. The number of halogens is 2. The van der Waals surface area contributed by atoms with Crippen molar-refractivity contribution in [2.45, 2.75) is 12.2 Å². The van der Waals surface area contributed by atoms with E-state index in [1.807, 2.05) is 0 Å². The molecule has 1 N–H and O–H groups in total. The number of aliphatic hydroxyl groups is 1. The monoisotopic (exact) mass is 234 g/mol. The molecule has 1 aromatic carbocycles. The van der Waals surface area contributed by atoms with Crippen molar-refractivity contribution < 1.29 is 18.1 Å². The van der Waals surface area contributed by atoms with E-state index in [2.05, 4.69) is 0 Å². The van der Waals surface area contributed by atoms with Gasteiger partial charge in [-0.15, -0.1) is 0 Å². The third-order valence-electron chi connectivity index (χ3n) is 2.10. The van der Waals surface area contributed by atoms with E-state index in [9.17, 15) is 13.0 Å². The van der Waals surface area contributed by atoms with Crippen LogP contribution in [0, 0.1) is 11.6 Å². The lowest BCUT2D eigenvalue weighted by molar-refractivity contribution is 0.321. The molecule has 0 bridgehead atoms. The van der Waals surface area contributed by atoms with Gasteiger partial charge in [0, 0.05) is 16.6 Å². The molecule has 1 aromatic rings. The van der Waals surface area contributed by atoms with Gasteiger partial charge >= 0.3 is 0 Å². The highest BCUT2D eigenvalue weighted by Gasteiger charge is 2.14. The maximum absolute atomic E-state index is 12.9. The lowest BCUT2D eigenvalue weighted by Crippen LogP contribution is -2.09. The highest BCUT2D eigenvalue weighted by molar-refractivity contribution is 7.85. The highest BCUT2D eigenvalue weighted by Crippen LogP contribution is 2.21. The Labute approximate surface area is 89.4 Å². The summed E-state index contributed by atoms with van der Waals surface area (Å²) in [6, 6.07) is 3.45. The van der Waals surface area contributed by atoms with Gasteiger partial charge in [-0.2, -0.15) is 0 Å². The first-order chi connectivity index (χ1) is 7.06. The molecule has 0 radical (unpaired) electrons. The van der Waals surface area contributed by atoms with Crippen LogP contribution < -0.4 is 0 Å². The van der Waals surface area contributed by atoms with E-state index in [-0.39, 0.29) is 12.4 Å². The van der Waals surface area contributed by atoms with Gasteiger partial charge < -0.3 is 5.11 Å². The van der Waals surface area contributed by atoms with Gasteiger partial charge in [-0.05, 0) is 24.6 Å². The summed E-state index contributed by atoms with van der Waals surface area (Å²) in [4.78, 5) is 0. The van der Waals surface area contributed by atoms with Crippen LogP contribution >= 0.6 is 0 Å². The number of aliphatic hydroxyl groups excluding tert-OH is 1. The largest absolute Gasteiger partial charge is 0.395 e. The highest BCUT2D eigenvalue weighted by atomic mass is 32.2. The average Bonchev–Trinajstić information content (AvgIpc) is 2.21. The van der Waals surface area contributed by atoms with Crippen molar-refractivity contribution in [3.05, 3.63) is 35.4 Å². The second-order valence-electron chi connectivity index (χ2n) is 3.12. The van der Waals surface area contributed by atoms with Crippen LogP contribution in [0.5, 0.6) is 0 Å². The summed E-state index contributed by atoms with van der Waals surface area (Å²) in [6.45, 7) is 1.47. The van der Waals surface area contributed by atoms with Crippen LogP contribution in [0.2, 0.25) is 0 Å². The molecule has 0 aliphatic heterocycles. The molecule has 0 fully saturated rings. The first-order valence-electron chi connectivity index (χ1n) is 4.49. The van der Waals surface area contributed by atoms with Crippen molar-refractivity contribution >= 4 is 10.8 Å². The van der Waals surface area contributed by atoms with Gasteiger partial charge in [-0.25, -0.2) is 8.78 Å². The Morgan fingerprint density at radius 1 is 1.40 bits per heavy atom. The van der Waals surface area contributed by atoms with Crippen LogP contribution in [0.25, 0.3) is 0 Å². The van der Waals surface area contributed by atoms with E-state index < -0.39 is 27.7 Å². The van der Waals surface area contributed by atoms with Crippen LogP contribution in [0.4, 0.5) is 8.78 Å². The summed E-state index contributed by atoms with van der Waals surface area (Å²) in [6.07, 6.45) is 0. The summed E-state index contributed by atoms with van der Waals surface area (Å²) in [5.41, 5.74) is 0.473. The zero-order valence-corrected chi connectivity index (χ0v) is 9.06. The SMILES string of the molecule is CC(c1ccc(F)c(F)c1)S(=O)CCO. The molecule has 84 valence electrons. The smallest absolute Gasteiger partial charge is 0.159 e. The standard InChI is InChI=1S/C10H12F2O2S/c1-7(15(14)5-4-13)8-2-3-9(11)10(12)6-8/h2-3,6-7,13H,4-5H2,1H3. The molecule has 5 heteroatoms. The summed E-state index contributed by atoms with van der Waals surface area (Å²) in [5, 5.41) is 8.19. The first kappa shape index (κ1) is 12.3. The van der Waals surface area contributed by atoms with Gasteiger partial charge in [-0.3, -0.25) is 4.21 Å². The molecule has 0 amide bonds. The van der Waals surface area contributed by atoms with Gasteiger partial charge in [0.15, 0.2) is 11.6 Å². The Morgan fingerprint density at radius 2 is 2.07 bits per heavy atom. The van der Waals surface area contributed by atoms with Crippen LogP contribution in [0.1, 0.15) is 17.7 Å². The molecule has 2 unspecified atom stereocenters. The lowest BCUT2D eigenvalue weighted by Gasteiger charge is -2.11. The molecule has 1 rings (SSSR count). The minimum absolute atomic E-state index is 0.139. The molecule has 0 spiro atoms. The lowest BCUT2D eigenvalue weighted by atomic mass is 10.1. The molecule has 15 heavy (non-hydrogen) atoms. The van der Waals surface area contributed by atoms with Crippen molar-refractivity contribution in [1.29, 1.82) is 0 Å². The Bertz CT molecular complexity index is 368. The van der Waals surface area contributed by atoms with E-state index in [1.165, 1.54) is 6.07 Å². The summed E-state index contributed by atoms with van der Waals surface area (Å²) >= 11 is 0. The Balaban J connectivity index is 2.86. The summed E-state index contributed by atoms with van der Waals surface area (Å²) in [7, 11) is -1.27. The number of hydrogen-bond donors (Lipinski definition) is 1. The Hall–Kier alpha value is -0.810. The fourth-order valence-electron chi connectivity index (χ4n) is 1.18. The molecule has 2 atom stereocenters. The van der Waals surface area contributed by atoms with Crippen molar-refractivity contribution in [3.8, 4) is 0 Å². The van der Waals surface area contributed by atoms with E-state index in [4.69, 9.17) is 5.11 Å². The number of hydrogen-bond acceptors (Lipinski definition) is 2.